The van der Waals surface area contributed by atoms with Crippen molar-refractivity contribution in [2.75, 3.05) is 39.0 Å². The maximum Gasteiger partial charge on any atom is 0.214 e. The Bertz CT molecular complexity index is 363. The predicted molar refractivity (Wildman–Crippen MR) is 62.6 cm³/mol. The highest BCUT2D eigenvalue weighted by atomic mass is 32.2. The van der Waals surface area contributed by atoms with Crippen LogP contribution in [0.5, 0.6) is 0 Å². The van der Waals surface area contributed by atoms with Crippen LogP contribution in [0.3, 0.4) is 0 Å². The molecule has 3 fully saturated rings. The molecule has 0 amide bonds. The molecule has 1 aliphatic carbocycles. The summed E-state index contributed by atoms with van der Waals surface area (Å²) in [6.45, 7) is 3.67. The van der Waals surface area contributed by atoms with Gasteiger partial charge in [-0.15, -0.1) is 0 Å². The van der Waals surface area contributed by atoms with Gasteiger partial charge in [0.15, 0.2) is 0 Å². The van der Waals surface area contributed by atoms with E-state index in [1.807, 2.05) is 0 Å². The standard InChI is InChI=1S/C11H20N2O2S/c1-12-4-10-6-13(7-11(10)5-12)16(14,15)8-9-2-3-9/h9-11H,2-8H2,1H3/t10-,11+. The van der Waals surface area contributed by atoms with Gasteiger partial charge in [0, 0.05) is 26.2 Å². The molecule has 2 heterocycles. The van der Waals surface area contributed by atoms with E-state index in [9.17, 15) is 8.42 Å². The van der Waals surface area contributed by atoms with Crippen molar-refractivity contribution in [1.82, 2.24) is 9.21 Å². The summed E-state index contributed by atoms with van der Waals surface area (Å²) < 4.78 is 26.0. The minimum atomic E-state index is -2.94. The quantitative estimate of drug-likeness (QED) is 0.713. The van der Waals surface area contributed by atoms with Gasteiger partial charge in [0.1, 0.15) is 0 Å². The van der Waals surface area contributed by atoms with Gasteiger partial charge < -0.3 is 4.90 Å². The van der Waals surface area contributed by atoms with Crippen LogP contribution >= 0.6 is 0 Å². The molecule has 0 aromatic heterocycles. The van der Waals surface area contributed by atoms with Gasteiger partial charge in [0.05, 0.1) is 5.75 Å². The van der Waals surface area contributed by atoms with E-state index in [1.54, 1.807) is 4.31 Å². The zero-order valence-corrected chi connectivity index (χ0v) is 10.6. The zero-order chi connectivity index (χ0) is 11.3. The van der Waals surface area contributed by atoms with E-state index in [0.29, 0.717) is 23.5 Å². The molecule has 3 aliphatic rings. The number of hydrogen-bond acceptors (Lipinski definition) is 3. The number of nitrogens with zero attached hydrogens (tertiary/aromatic N) is 2. The summed E-state index contributed by atoms with van der Waals surface area (Å²) in [5.41, 5.74) is 0. The summed E-state index contributed by atoms with van der Waals surface area (Å²) in [6.07, 6.45) is 2.23. The summed E-state index contributed by atoms with van der Waals surface area (Å²) >= 11 is 0. The molecule has 5 heteroatoms. The van der Waals surface area contributed by atoms with E-state index in [2.05, 4.69) is 11.9 Å². The molecule has 92 valence electrons. The van der Waals surface area contributed by atoms with Gasteiger partial charge in [-0.3, -0.25) is 0 Å². The van der Waals surface area contributed by atoms with Crippen LogP contribution in [0.2, 0.25) is 0 Å². The first-order chi connectivity index (χ1) is 7.54. The van der Waals surface area contributed by atoms with Crippen molar-refractivity contribution in [2.45, 2.75) is 12.8 Å². The molecule has 0 unspecified atom stereocenters. The molecule has 0 radical (unpaired) electrons. The third-order valence-electron chi connectivity index (χ3n) is 4.17. The lowest BCUT2D eigenvalue weighted by atomic mass is 10.0. The lowest BCUT2D eigenvalue weighted by Gasteiger charge is -2.18. The van der Waals surface area contributed by atoms with E-state index in [4.69, 9.17) is 0 Å². The van der Waals surface area contributed by atoms with E-state index < -0.39 is 10.0 Å². The third kappa shape index (κ3) is 2.00. The molecule has 0 spiro atoms. The van der Waals surface area contributed by atoms with E-state index >= 15 is 0 Å². The van der Waals surface area contributed by atoms with Gasteiger partial charge in [-0.2, -0.15) is 0 Å². The Hall–Kier alpha value is -0.130. The summed E-state index contributed by atoms with van der Waals surface area (Å²) in [5, 5.41) is 0. The molecule has 3 rings (SSSR count). The van der Waals surface area contributed by atoms with Gasteiger partial charge in [-0.05, 0) is 37.6 Å². The summed E-state index contributed by atoms with van der Waals surface area (Å²) in [6, 6.07) is 0. The fourth-order valence-corrected chi connectivity index (χ4v) is 5.08. The molecule has 2 aliphatic heterocycles. The van der Waals surface area contributed by atoms with Crippen molar-refractivity contribution in [3.8, 4) is 0 Å². The summed E-state index contributed by atoms with van der Waals surface area (Å²) in [5.74, 6) is 2.04. The first-order valence-electron chi connectivity index (χ1n) is 6.21. The highest BCUT2D eigenvalue weighted by Gasteiger charge is 2.43. The highest BCUT2D eigenvalue weighted by Crippen LogP contribution is 2.35. The minimum Gasteiger partial charge on any atom is -0.306 e. The van der Waals surface area contributed by atoms with Crippen molar-refractivity contribution in [1.29, 1.82) is 0 Å². The fraction of sp³-hybridized carbons (Fsp3) is 1.00. The number of sulfonamides is 1. The lowest BCUT2D eigenvalue weighted by molar-refractivity contribution is 0.349. The Morgan fingerprint density at radius 3 is 2.12 bits per heavy atom. The first kappa shape index (κ1) is 11.0. The van der Waals surface area contributed by atoms with Gasteiger partial charge in [0.25, 0.3) is 0 Å². The largest absolute Gasteiger partial charge is 0.306 e. The third-order valence-corrected chi connectivity index (χ3v) is 6.15. The smallest absolute Gasteiger partial charge is 0.214 e. The second-order valence-corrected chi connectivity index (χ2v) is 7.79. The van der Waals surface area contributed by atoms with E-state index in [1.165, 1.54) is 0 Å². The lowest BCUT2D eigenvalue weighted by Crippen LogP contribution is -2.34. The zero-order valence-electron chi connectivity index (χ0n) is 9.80. The van der Waals surface area contributed by atoms with Gasteiger partial charge >= 0.3 is 0 Å². The number of rotatable bonds is 3. The van der Waals surface area contributed by atoms with Crippen LogP contribution in [-0.4, -0.2) is 56.6 Å². The van der Waals surface area contributed by atoms with Crippen LogP contribution in [0.25, 0.3) is 0 Å². The van der Waals surface area contributed by atoms with Crippen LogP contribution in [-0.2, 0) is 10.0 Å². The average molecular weight is 244 g/mol. The monoisotopic (exact) mass is 244 g/mol. The van der Waals surface area contributed by atoms with Crippen LogP contribution in [0, 0.1) is 17.8 Å². The SMILES string of the molecule is CN1C[C@@H]2CN(S(=O)(=O)CC3CC3)C[C@@H]2C1. The van der Waals surface area contributed by atoms with Crippen LogP contribution in [0.4, 0.5) is 0 Å². The van der Waals surface area contributed by atoms with Crippen molar-refractivity contribution < 1.29 is 8.42 Å². The average Bonchev–Trinajstić information content (AvgIpc) is 2.75. The fourth-order valence-electron chi connectivity index (χ4n) is 3.10. The van der Waals surface area contributed by atoms with E-state index in [-0.39, 0.29) is 0 Å². The maximum atomic E-state index is 12.1. The molecule has 0 aromatic rings. The van der Waals surface area contributed by atoms with Crippen LogP contribution in [0.15, 0.2) is 0 Å². The number of fused-ring (bicyclic) bond motifs is 1. The van der Waals surface area contributed by atoms with Crippen LogP contribution in [0.1, 0.15) is 12.8 Å². The molecule has 4 nitrogen and oxygen atoms in total. The Morgan fingerprint density at radius 2 is 1.62 bits per heavy atom. The number of likely N-dealkylation sites (tertiary alicyclic amines) is 1. The Morgan fingerprint density at radius 1 is 1.06 bits per heavy atom. The summed E-state index contributed by atoms with van der Waals surface area (Å²) in [4.78, 5) is 2.32. The molecule has 1 saturated carbocycles. The van der Waals surface area contributed by atoms with E-state index in [0.717, 1.165) is 39.0 Å². The Balaban J connectivity index is 1.65. The molecule has 0 bridgehead atoms. The Kier molecular flexibility index (Phi) is 2.53. The van der Waals surface area contributed by atoms with Crippen molar-refractivity contribution in [3.63, 3.8) is 0 Å². The normalized spacial score (nSPS) is 36.8. The highest BCUT2D eigenvalue weighted by molar-refractivity contribution is 7.89. The first-order valence-corrected chi connectivity index (χ1v) is 7.82. The van der Waals surface area contributed by atoms with Crippen molar-refractivity contribution in [3.05, 3.63) is 0 Å². The van der Waals surface area contributed by atoms with Gasteiger partial charge in [0.2, 0.25) is 10.0 Å². The molecule has 0 aromatic carbocycles. The van der Waals surface area contributed by atoms with Crippen LogP contribution < -0.4 is 0 Å². The topological polar surface area (TPSA) is 40.6 Å². The molecule has 16 heavy (non-hydrogen) atoms. The van der Waals surface area contributed by atoms with Gasteiger partial charge in [-0.25, -0.2) is 12.7 Å². The van der Waals surface area contributed by atoms with Crippen molar-refractivity contribution >= 4 is 10.0 Å². The maximum absolute atomic E-state index is 12.1. The molecule has 2 atom stereocenters. The predicted octanol–water partition coefficient (Wildman–Crippen LogP) is 0.220. The Labute approximate surface area is 97.7 Å². The number of hydrogen-bond donors (Lipinski definition) is 0. The molecular weight excluding hydrogens is 224 g/mol. The van der Waals surface area contributed by atoms with Gasteiger partial charge in [-0.1, -0.05) is 0 Å². The van der Waals surface area contributed by atoms with Crippen molar-refractivity contribution in [2.24, 2.45) is 17.8 Å². The molecule has 0 N–H and O–H groups in total. The second-order valence-electron chi connectivity index (χ2n) is 5.78. The summed E-state index contributed by atoms with van der Waals surface area (Å²) in [7, 11) is -0.815. The molecular formula is C11H20N2O2S. The molecule has 2 saturated heterocycles. The minimum absolute atomic E-state index is 0.405. The second kappa shape index (κ2) is 3.68.